The van der Waals surface area contributed by atoms with Crippen molar-refractivity contribution in [2.45, 2.75) is 414 Å². The van der Waals surface area contributed by atoms with Gasteiger partial charge in [0.2, 0.25) is 0 Å². The van der Waals surface area contributed by atoms with E-state index in [-0.39, 0.29) is 25.7 Å². The minimum atomic E-state index is -4.96. The van der Waals surface area contributed by atoms with E-state index < -0.39 is 97.5 Å². The number of carbonyl (C=O) groups excluding carboxylic acids is 4. The molecular weight excluding hydrogens is 1270 g/mol. The average molecular weight is 1420 g/mol. The van der Waals surface area contributed by atoms with Gasteiger partial charge in [-0.1, -0.05) is 344 Å². The van der Waals surface area contributed by atoms with Crippen molar-refractivity contribution in [1.29, 1.82) is 0 Å². The maximum absolute atomic E-state index is 13.1. The molecule has 17 nitrogen and oxygen atoms in total. The van der Waals surface area contributed by atoms with E-state index in [0.29, 0.717) is 25.7 Å². The van der Waals surface area contributed by atoms with E-state index in [9.17, 15) is 43.2 Å². The maximum Gasteiger partial charge on any atom is 0.472 e. The fraction of sp³-hybridized carbons (Fsp3) is 0.949. The molecule has 0 radical (unpaired) electrons. The first-order valence-electron chi connectivity index (χ1n) is 40.2. The van der Waals surface area contributed by atoms with Crippen molar-refractivity contribution in [1.82, 2.24) is 0 Å². The lowest BCUT2D eigenvalue weighted by Crippen LogP contribution is -2.30. The van der Waals surface area contributed by atoms with Crippen LogP contribution in [0.5, 0.6) is 0 Å². The molecule has 0 saturated carbocycles. The largest absolute Gasteiger partial charge is 0.472 e. The van der Waals surface area contributed by atoms with E-state index in [1.165, 1.54) is 193 Å². The average Bonchev–Trinajstić information content (AvgIpc) is 1.41. The molecule has 0 aromatic heterocycles. The molecule has 3 unspecified atom stereocenters. The number of phosphoric ester groups is 2. The SMILES string of the molecule is CCC(C)CCCCCCCCC(=O)OC[C@H](COP(=O)(O)OC[C@H](O)COP(=O)(O)OC[C@@H](COC(=O)CCCCCCCCCCCC(C)C)OC(=O)CCCCCCCCCCCCCCCCCCC(C)C)OC(=O)CCCCCCCCCCCCCCCC(C)C. The molecule has 0 bridgehead atoms. The van der Waals surface area contributed by atoms with Crippen LogP contribution in [-0.4, -0.2) is 96.7 Å². The second-order valence-corrected chi connectivity index (χ2v) is 32.7. The summed E-state index contributed by atoms with van der Waals surface area (Å²) in [5.74, 6) is 0.951. The van der Waals surface area contributed by atoms with Gasteiger partial charge in [-0.25, -0.2) is 9.13 Å². The zero-order valence-corrected chi connectivity index (χ0v) is 65.5. The van der Waals surface area contributed by atoms with Crippen LogP contribution in [0.3, 0.4) is 0 Å². The van der Waals surface area contributed by atoms with Crippen LogP contribution in [0.2, 0.25) is 0 Å². The molecule has 97 heavy (non-hydrogen) atoms. The summed E-state index contributed by atoms with van der Waals surface area (Å²) >= 11 is 0. The van der Waals surface area contributed by atoms with Gasteiger partial charge < -0.3 is 33.8 Å². The van der Waals surface area contributed by atoms with Gasteiger partial charge in [0.05, 0.1) is 26.4 Å². The molecule has 0 amide bonds. The number of hydrogen-bond acceptors (Lipinski definition) is 15. The lowest BCUT2D eigenvalue weighted by atomic mass is 10.00. The van der Waals surface area contributed by atoms with Crippen LogP contribution in [0, 0.1) is 23.7 Å². The van der Waals surface area contributed by atoms with Gasteiger partial charge in [0.1, 0.15) is 19.3 Å². The minimum Gasteiger partial charge on any atom is -0.462 e. The van der Waals surface area contributed by atoms with E-state index >= 15 is 0 Å². The first-order valence-corrected chi connectivity index (χ1v) is 43.2. The van der Waals surface area contributed by atoms with Crippen molar-refractivity contribution in [3.05, 3.63) is 0 Å². The number of hydrogen-bond donors (Lipinski definition) is 3. The summed E-state index contributed by atoms with van der Waals surface area (Å²) in [5.41, 5.74) is 0. The summed E-state index contributed by atoms with van der Waals surface area (Å²) in [6.07, 6.45) is 52.8. The first-order chi connectivity index (χ1) is 46.6. The Bertz CT molecular complexity index is 1900. The first kappa shape index (κ1) is 95.1. The number of esters is 4. The number of phosphoric acid groups is 2. The van der Waals surface area contributed by atoms with Crippen molar-refractivity contribution < 1.29 is 80.2 Å². The normalized spacial score (nSPS) is 14.4. The second kappa shape index (κ2) is 67.2. The number of unbranched alkanes of at least 4 members (excludes halogenated alkanes) is 40. The highest BCUT2D eigenvalue weighted by Crippen LogP contribution is 2.45. The van der Waals surface area contributed by atoms with E-state index in [1.807, 2.05) is 0 Å². The Morgan fingerprint density at radius 1 is 0.289 bits per heavy atom. The van der Waals surface area contributed by atoms with E-state index in [4.69, 9.17) is 37.0 Å². The number of rotatable bonds is 75. The monoisotopic (exact) mass is 1420 g/mol. The standard InChI is InChI=1S/C78H152O17P2/c1-9-71(8)57-49-41-36-37-43-51-59-76(81)89-65-74(95-78(83)61-53-45-35-28-22-18-14-16-20-25-31-39-47-55-69(4)5)67-93-97(86,87)91-63-72(79)62-90-96(84,85)92-66-73(64-88-75(80)58-50-42-33-29-23-26-32-40-48-56-70(6)7)94-77(82)60-52-44-34-27-21-17-13-11-10-12-15-19-24-30-38-46-54-68(2)3/h68-74,79H,9-67H2,1-8H3,(H,84,85)(H,86,87)/t71?,72-,73-,74-/m1/s1. The van der Waals surface area contributed by atoms with E-state index in [1.54, 1.807) is 0 Å². The maximum atomic E-state index is 13.1. The zero-order valence-electron chi connectivity index (χ0n) is 63.7. The van der Waals surface area contributed by atoms with Gasteiger partial charge in [-0.2, -0.15) is 0 Å². The zero-order chi connectivity index (χ0) is 71.7. The Kier molecular flexibility index (Phi) is 65.9. The Morgan fingerprint density at radius 3 is 0.732 bits per heavy atom. The van der Waals surface area contributed by atoms with Gasteiger partial charge in [-0.3, -0.25) is 37.3 Å². The molecule has 0 aliphatic rings. The van der Waals surface area contributed by atoms with Crippen molar-refractivity contribution in [2.24, 2.45) is 23.7 Å². The molecule has 19 heteroatoms. The number of ether oxygens (including phenoxy) is 4. The Morgan fingerprint density at radius 2 is 0.495 bits per heavy atom. The van der Waals surface area contributed by atoms with Crippen molar-refractivity contribution in [3.8, 4) is 0 Å². The van der Waals surface area contributed by atoms with Gasteiger partial charge in [-0.15, -0.1) is 0 Å². The van der Waals surface area contributed by atoms with Crippen LogP contribution in [0.25, 0.3) is 0 Å². The molecule has 0 spiro atoms. The predicted octanol–water partition coefficient (Wildman–Crippen LogP) is 22.8. The quantitative estimate of drug-likeness (QED) is 0.0222. The van der Waals surface area contributed by atoms with Crippen LogP contribution in [0.4, 0.5) is 0 Å². The van der Waals surface area contributed by atoms with Crippen LogP contribution in [0.15, 0.2) is 0 Å². The molecule has 0 aliphatic heterocycles. The third kappa shape index (κ3) is 70.9. The van der Waals surface area contributed by atoms with E-state index in [0.717, 1.165) is 120 Å². The highest BCUT2D eigenvalue weighted by atomic mass is 31.2. The van der Waals surface area contributed by atoms with Gasteiger partial charge >= 0.3 is 39.5 Å². The second-order valence-electron chi connectivity index (χ2n) is 29.8. The summed E-state index contributed by atoms with van der Waals surface area (Å²) < 4.78 is 68.6. The number of aliphatic hydroxyl groups excluding tert-OH is 1. The number of aliphatic hydroxyl groups is 1. The summed E-state index contributed by atoms with van der Waals surface area (Å²) in [4.78, 5) is 72.9. The third-order valence-electron chi connectivity index (χ3n) is 18.4. The van der Waals surface area contributed by atoms with Crippen molar-refractivity contribution in [3.63, 3.8) is 0 Å². The summed E-state index contributed by atoms with van der Waals surface area (Å²) in [6, 6.07) is 0. The Labute approximate surface area is 594 Å². The molecule has 0 saturated heterocycles. The fourth-order valence-electron chi connectivity index (χ4n) is 11.9. The molecule has 0 aliphatic carbocycles. The highest BCUT2D eigenvalue weighted by molar-refractivity contribution is 7.47. The smallest absolute Gasteiger partial charge is 0.462 e. The molecule has 0 heterocycles. The van der Waals surface area contributed by atoms with Gasteiger partial charge in [-0.05, 0) is 49.4 Å². The van der Waals surface area contributed by atoms with E-state index in [2.05, 4.69) is 55.4 Å². The topological polar surface area (TPSA) is 237 Å². The summed E-state index contributed by atoms with van der Waals surface area (Å²) in [6.45, 7) is 14.2. The van der Waals surface area contributed by atoms with Gasteiger partial charge in [0, 0.05) is 25.7 Å². The predicted molar refractivity (Wildman–Crippen MR) is 395 cm³/mol. The molecule has 0 rings (SSSR count). The minimum absolute atomic E-state index is 0.106. The summed E-state index contributed by atoms with van der Waals surface area (Å²) in [7, 11) is -9.92. The molecule has 576 valence electrons. The van der Waals surface area contributed by atoms with Crippen molar-refractivity contribution >= 4 is 39.5 Å². The molecule has 3 N–H and O–H groups in total. The Balaban J connectivity index is 5.23. The summed E-state index contributed by atoms with van der Waals surface area (Å²) in [5, 5.41) is 10.6. The molecule has 0 fully saturated rings. The number of carbonyl (C=O) groups is 4. The lowest BCUT2D eigenvalue weighted by molar-refractivity contribution is -0.161. The fourth-order valence-corrected chi connectivity index (χ4v) is 13.5. The molecule has 6 atom stereocenters. The van der Waals surface area contributed by atoms with Crippen molar-refractivity contribution in [2.75, 3.05) is 39.6 Å². The Hall–Kier alpha value is -1.94. The van der Waals surface area contributed by atoms with Gasteiger partial charge in [0.15, 0.2) is 12.2 Å². The third-order valence-corrected chi connectivity index (χ3v) is 20.3. The molecule has 0 aromatic carbocycles. The van der Waals surface area contributed by atoms with Crippen LogP contribution in [-0.2, 0) is 65.4 Å². The van der Waals surface area contributed by atoms with Crippen LogP contribution < -0.4 is 0 Å². The van der Waals surface area contributed by atoms with Crippen LogP contribution >= 0.6 is 15.6 Å². The van der Waals surface area contributed by atoms with Crippen LogP contribution in [0.1, 0.15) is 396 Å². The highest BCUT2D eigenvalue weighted by Gasteiger charge is 2.30. The lowest BCUT2D eigenvalue weighted by Gasteiger charge is -2.21. The molecule has 0 aromatic rings. The van der Waals surface area contributed by atoms with Gasteiger partial charge in [0.25, 0.3) is 0 Å². The molecular formula is C78H152O17P2.